The summed E-state index contributed by atoms with van der Waals surface area (Å²) in [5.74, 6) is 0.146. The highest BCUT2D eigenvalue weighted by Crippen LogP contribution is 2.15. The highest BCUT2D eigenvalue weighted by Gasteiger charge is 2.20. The maximum atomic E-state index is 11.7. The van der Waals surface area contributed by atoms with Crippen molar-refractivity contribution in [1.29, 1.82) is 0 Å². The van der Waals surface area contributed by atoms with E-state index in [0.717, 1.165) is 5.56 Å². The Hall–Kier alpha value is -0.870. The fourth-order valence-corrected chi connectivity index (χ4v) is 3.04. The van der Waals surface area contributed by atoms with Gasteiger partial charge in [0.25, 0.3) is 0 Å². The molecule has 0 aliphatic heterocycles. The summed E-state index contributed by atoms with van der Waals surface area (Å²) in [6.07, 6.45) is 0. The Morgan fingerprint density at radius 2 is 1.69 bits per heavy atom. The van der Waals surface area contributed by atoms with E-state index in [9.17, 15) is 8.42 Å². The van der Waals surface area contributed by atoms with Crippen molar-refractivity contribution in [3.8, 4) is 0 Å². The minimum absolute atomic E-state index is 0.146. The Kier molecular flexibility index (Phi) is 4.10. The summed E-state index contributed by atoms with van der Waals surface area (Å²) in [6.45, 7) is 6.09. The molecule has 0 amide bonds. The predicted molar refractivity (Wildman–Crippen MR) is 66.5 cm³/mol. The molecule has 1 N–H and O–H groups in total. The molecule has 0 unspecified atom stereocenters. The fourth-order valence-electron chi connectivity index (χ4n) is 1.41. The molecular formula is C12H19NO2S. The van der Waals surface area contributed by atoms with Crippen molar-refractivity contribution in [3.63, 3.8) is 0 Å². The lowest BCUT2D eigenvalue weighted by molar-refractivity contribution is 0.458. The zero-order valence-electron chi connectivity index (χ0n) is 10.0. The smallest absolute Gasteiger partial charge is 0.212 e. The molecule has 0 saturated heterocycles. The van der Waals surface area contributed by atoms with Gasteiger partial charge in [-0.05, 0) is 11.0 Å². The van der Waals surface area contributed by atoms with E-state index in [2.05, 4.69) is 4.72 Å². The van der Waals surface area contributed by atoms with Gasteiger partial charge < -0.3 is 0 Å². The van der Waals surface area contributed by atoms with Gasteiger partial charge in [-0.1, -0.05) is 51.1 Å². The monoisotopic (exact) mass is 241 g/mol. The summed E-state index contributed by atoms with van der Waals surface area (Å²) in [4.78, 5) is 0. The molecule has 0 aromatic heterocycles. The van der Waals surface area contributed by atoms with Crippen LogP contribution in [0.3, 0.4) is 0 Å². The van der Waals surface area contributed by atoms with Crippen LogP contribution >= 0.6 is 0 Å². The molecule has 0 atom stereocenters. The van der Waals surface area contributed by atoms with Crippen molar-refractivity contribution in [2.24, 2.45) is 5.41 Å². The molecule has 3 nitrogen and oxygen atoms in total. The first-order valence-electron chi connectivity index (χ1n) is 5.30. The molecule has 1 aromatic rings. The standard InChI is InChI=1S/C12H19NO2S/c1-12(2,3)10-16(14,15)13-9-11-7-5-4-6-8-11/h4-8,13H,9-10H2,1-3H3. The Labute approximate surface area is 97.9 Å². The normalized spacial score (nSPS) is 12.7. The van der Waals surface area contributed by atoms with E-state index in [1.165, 1.54) is 0 Å². The van der Waals surface area contributed by atoms with Crippen LogP contribution in [0.2, 0.25) is 0 Å². The van der Waals surface area contributed by atoms with Crippen molar-refractivity contribution < 1.29 is 8.42 Å². The summed E-state index contributed by atoms with van der Waals surface area (Å²) >= 11 is 0. The fraction of sp³-hybridized carbons (Fsp3) is 0.500. The van der Waals surface area contributed by atoms with Crippen molar-refractivity contribution in [2.45, 2.75) is 27.3 Å². The van der Waals surface area contributed by atoms with E-state index in [0.29, 0.717) is 6.54 Å². The highest BCUT2D eigenvalue weighted by atomic mass is 32.2. The van der Waals surface area contributed by atoms with Crippen molar-refractivity contribution in [2.75, 3.05) is 5.75 Å². The maximum Gasteiger partial charge on any atom is 0.212 e. The van der Waals surface area contributed by atoms with Gasteiger partial charge in [-0.3, -0.25) is 0 Å². The SMILES string of the molecule is CC(C)(C)CS(=O)(=O)NCc1ccccc1. The van der Waals surface area contributed by atoms with Crippen molar-refractivity contribution in [3.05, 3.63) is 35.9 Å². The average Bonchev–Trinajstić information content (AvgIpc) is 2.13. The van der Waals surface area contributed by atoms with Crippen molar-refractivity contribution >= 4 is 10.0 Å². The summed E-state index contributed by atoms with van der Waals surface area (Å²) < 4.78 is 26.0. The summed E-state index contributed by atoms with van der Waals surface area (Å²) in [5.41, 5.74) is 0.752. The van der Waals surface area contributed by atoms with Crippen LogP contribution in [0.4, 0.5) is 0 Å². The molecule has 0 fully saturated rings. The van der Waals surface area contributed by atoms with E-state index in [1.807, 2.05) is 51.1 Å². The molecule has 1 rings (SSSR count). The largest absolute Gasteiger partial charge is 0.212 e. The van der Waals surface area contributed by atoms with Gasteiger partial charge in [0.1, 0.15) is 0 Å². The first kappa shape index (κ1) is 13.2. The quantitative estimate of drug-likeness (QED) is 0.878. The predicted octanol–water partition coefficient (Wildman–Crippen LogP) is 2.15. The van der Waals surface area contributed by atoms with Crippen LogP contribution in [0.15, 0.2) is 30.3 Å². The van der Waals surface area contributed by atoms with Crippen molar-refractivity contribution in [1.82, 2.24) is 4.72 Å². The number of rotatable bonds is 4. The number of benzene rings is 1. The topological polar surface area (TPSA) is 46.2 Å². The van der Waals surface area contributed by atoms with E-state index in [1.54, 1.807) is 0 Å². The molecule has 0 bridgehead atoms. The summed E-state index contributed by atoms with van der Waals surface area (Å²) in [6, 6.07) is 9.51. The van der Waals surface area contributed by atoms with Gasteiger partial charge >= 0.3 is 0 Å². The van der Waals surface area contributed by atoms with E-state index in [4.69, 9.17) is 0 Å². The molecule has 0 heterocycles. The Balaban J connectivity index is 2.56. The van der Waals surface area contributed by atoms with Crippen LogP contribution in [0.5, 0.6) is 0 Å². The van der Waals surface area contributed by atoms with Gasteiger partial charge in [-0.2, -0.15) is 0 Å². The summed E-state index contributed by atoms with van der Waals surface area (Å²) in [7, 11) is -3.19. The molecule has 0 spiro atoms. The van der Waals surface area contributed by atoms with E-state index in [-0.39, 0.29) is 11.2 Å². The lowest BCUT2D eigenvalue weighted by Gasteiger charge is -2.18. The zero-order valence-corrected chi connectivity index (χ0v) is 10.8. The van der Waals surface area contributed by atoms with Gasteiger partial charge in [0.05, 0.1) is 5.75 Å². The van der Waals surface area contributed by atoms with Gasteiger partial charge in [0, 0.05) is 6.54 Å². The molecule has 0 aliphatic rings. The minimum atomic E-state index is -3.19. The van der Waals surface area contributed by atoms with Crippen LogP contribution in [0, 0.1) is 5.41 Å². The third kappa shape index (κ3) is 5.28. The third-order valence-electron chi connectivity index (χ3n) is 1.96. The Morgan fingerprint density at radius 1 is 1.12 bits per heavy atom. The second-order valence-electron chi connectivity index (χ2n) is 5.13. The lowest BCUT2D eigenvalue weighted by atomic mass is 10.0. The van der Waals surface area contributed by atoms with Crippen LogP contribution in [0.1, 0.15) is 26.3 Å². The zero-order chi connectivity index (χ0) is 12.2. The van der Waals surface area contributed by atoms with Crippen LogP contribution in [-0.2, 0) is 16.6 Å². The third-order valence-corrected chi connectivity index (χ3v) is 3.79. The Morgan fingerprint density at radius 3 is 2.19 bits per heavy atom. The molecule has 4 heteroatoms. The average molecular weight is 241 g/mol. The molecule has 16 heavy (non-hydrogen) atoms. The number of hydrogen-bond donors (Lipinski definition) is 1. The number of sulfonamides is 1. The van der Waals surface area contributed by atoms with E-state index < -0.39 is 10.0 Å². The molecule has 0 saturated carbocycles. The second kappa shape index (κ2) is 4.97. The molecule has 0 radical (unpaired) electrons. The summed E-state index contributed by atoms with van der Waals surface area (Å²) in [5, 5.41) is 0. The van der Waals surface area contributed by atoms with E-state index >= 15 is 0 Å². The highest BCUT2D eigenvalue weighted by molar-refractivity contribution is 7.89. The number of nitrogens with one attached hydrogen (secondary N) is 1. The molecule has 0 aliphatic carbocycles. The molecular weight excluding hydrogens is 222 g/mol. The minimum Gasteiger partial charge on any atom is -0.212 e. The first-order chi connectivity index (χ1) is 7.29. The molecule has 1 aromatic carbocycles. The van der Waals surface area contributed by atoms with Gasteiger partial charge in [0.2, 0.25) is 10.0 Å². The number of hydrogen-bond acceptors (Lipinski definition) is 2. The van der Waals surface area contributed by atoms with Crippen LogP contribution < -0.4 is 4.72 Å². The van der Waals surface area contributed by atoms with Crippen LogP contribution in [-0.4, -0.2) is 14.2 Å². The lowest BCUT2D eigenvalue weighted by Crippen LogP contribution is -2.31. The maximum absolute atomic E-state index is 11.7. The van der Waals surface area contributed by atoms with Gasteiger partial charge in [-0.15, -0.1) is 0 Å². The van der Waals surface area contributed by atoms with Gasteiger partial charge in [-0.25, -0.2) is 13.1 Å². The van der Waals surface area contributed by atoms with Crippen LogP contribution in [0.25, 0.3) is 0 Å². The molecule has 90 valence electrons. The Bertz CT molecular complexity index is 418. The van der Waals surface area contributed by atoms with Gasteiger partial charge in [0.15, 0.2) is 0 Å². The second-order valence-corrected chi connectivity index (χ2v) is 6.93. The first-order valence-corrected chi connectivity index (χ1v) is 6.95.